The van der Waals surface area contributed by atoms with Gasteiger partial charge >= 0.3 is 0 Å². The lowest BCUT2D eigenvalue weighted by Crippen LogP contribution is -3.00. The van der Waals surface area contributed by atoms with Gasteiger partial charge < -0.3 is 34.1 Å². The SMILES string of the molecule is COC[P+](c1ccccc1)(c1ccccc1)c1ccccc1.[Br-].[Cl-].c1ccc([P+](c2ccccc2)(c2ccccc2)c2ccccc2)cc1. The molecule has 49 heavy (non-hydrogen) atoms. The van der Waals surface area contributed by atoms with E-state index in [0.717, 1.165) is 0 Å². The van der Waals surface area contributed by atoms with Gasteiger partial charge in [0.05, 0.1) is 0 Å². The molecule has 7 aromatic rings. The average molecular weight is 762 g/mol. The minimum atomic E-state index is -1.91. The van der Waals surface area contributed by atoms with Crippen LogP contribution in [0.15, 0.2) is 212 Å². The molecule has 1 nitrogen and oxygen atoms in total. The van der Waals surface area contributed by atoms with Gasteiger partial charge in [0.1, 0.15) is 51.7 Å². The second-order valence-corrected chi connectivity index (χ2v) is 18.1. The summed E-state index contributed by atoms with van der Waals surface area (Å²) >= 11 is 0. The van der Waals surface area contributed by atoms with Crippen molar-refractivity contribution in [2.24, 2.45) is 0 Å². The van der Waals surface area contributed by atoms with Gasteiger partial charge in [-0.1, -0.05) is 127 Å². The topological polar surface area (TPSA) is 9.23 Å². The van der Waals surface area contributed by atoms with Crippen LogP contribution >= 0.6 is 14.5 Å². The molecule has 7 aromatic carbocycles. The molecule has 0 atom stereocenters. The van der Waals surface area contributed by atoms with E-state index >= 15 is 0 Å². The lowest BCUT2D eigenvalue weighted by molar-refractivity contribution is -0.001000. The zero-order chi connectivity index (χ0) is 32.2. The Hall–Kier alpha value is -3.87. The number of rotatable bonds is 9. The van der Waals surface area contributed by atoms with E-state index < -0.39 is 14.5 Å². The molecular weight excluding hydrogens is 722 g/mol. The van der Waals surface area contributed by atoms with Crippen molar-refractivity contribution in [3.8, 4) is 0 Å². The Balaban J connectivity index is 0.000000214. The van der Waals surface area contributed by atoms with Crippen LogP contribution in [0.1, 0.15) is 0 Å². The van der Waals surface area contributed by atoms with E-state index in [9.17, 15) is 0 Å². The highest BCUT2D eigenvalue weighted by atomic mass is 79.9. The molecule has 0 aromatic heterocycles. The maximum absolute atomic E-state index is 5.72. The zero-order valence-corrected chi connectivity index (χ0v) is 31.6. The Morgan fingerprint density at radius 3 is 0.694 bits per heavy atom. The van der Waals surface area contributed by atoms with Crippen LogP contribution in [0.3, 0.4) is 0 Å². The fourth-order valence-corrected chi connectivity index (χ4v) is 14.5. The first-order chi connectivity index (χ1) is 23.3. The van der Waals surface area contributed by atoms with Gasteiger partial charge in [0.2, 0.25) is 0 Å². The highest BCUT2D eigenvalue weighted by Crippen LogP contribution is 2.55. The molecule has 5 heteroatoms. The Labute approximate surface area is 309 Å². The molecule has 0 spiro atoms. The van der Waals surface area contributed by atoms with E-state index in [2.05, 4.69) is 212 Å². The summed E-state index contributed by atoms with van der Waals surface area (Å²) in [6.45, 7) is 0. The largest absolute Gasteiger partial charge is 1.00 e. The van der Waals surface area contributed by atoms with Crippen molar-refractivity contribution in [2.45, 2.75) is 0 Å². The van der Waals surface area contributed by atoms with Crippen molar-refractivity contribution in [3.05, 3.63) is 212 Å². The van der Waals surface area contributed by atoms with Crippen molar-refractivity contribution >= 4 is 51.7 Å². The van der Waals surface area contributed by atoms with E-state index in [0.29, 0.717) is 6.35 Å². The van der Waals surface area contributed by atoms with Gasteiger partial charge in [-0.05, 0) is 84.9 Å². The number of halogens is 2. The molecule has 0 radical (unpaired) electrons. The quantitative estimate of drug-likeness (QED) is 0.205. The number of hydrogen-bond donors (Lipinski definition) is 0. The first-order valence-electron chi connectivity index (χ1n) is 16.0. The third-order valence-electron chi connectivity index (χ3n) is 8.49. The molecule has 0 amide bonds. The van der Waals surface area contributed by atoms with Crippen molar-refractivity contribution in [1.82, 2.24) is 0 Å². The highest BCUT2D eigenvalue weighted by Gasteiger charge is 2.48. The molecule has 0 aliphatic heterocycles. The zero-order valence-electron chi connectivity index (χ0n) is 27.5. The van der Waals surface area contributed by atoms with Crippen LogP contribution in [0.5, 0.6) is 0 Å². The minimum absolute atomic E-state index is 0. The molecular formula is C44H40BrClOP2. The van der Waals surface area contributed by atoms with Gasteiger partial charge in [-0.2, -0.15) is 0 Å². The second kappa shape index (κ2) is 18.8. The summed E-state index contributed by atoms with van der Waals surface area (Å²) in [5, 5.41) is 9.62. The first kappa shape index (κ1) is 37.9. The minimum Gasteiger partial charge on any atom is -1.00 e. The fourth-order valence-electron chi connectivity index (χ4n) is 6.41. The van der Waals surface area contributed by atoms with Gasteiger partial charge in [0.25, 0.3) is 0 Å². The number of ether oxygens (including phenoxy) is 1. The van der Waals surface area contributed by atoms with Crippen molar-refractivity contribution < 1.29 is 34.1 Å². The number of hydrogen-bond acceptors (Lipinski definition) is 1. The predicted octanol–water partition coefficient (Wildman–Crippen LogP) is 1.90. The molecule has 246 valence electrons. The van der Waals surface area contributed by atoms with Crippen molar-refractivity contribution in [2.75, 3.05) is 13.5 Å². The van der Waals surface area contributed by atoms with Crippen LogP contribution in [0.2, 0.25) is 0 Å². The van der Waals surface area contributed by atoms with Gasteiger partial charge in [-0.3, -0.25) is 0 Å². The molecule has 0 N–H and O–H groups in total. The fraction of sp³-hybridized carbons (Fsp3) is 0.0455. The van der Waals surface area contributed by atoms with Crippen LogP contribution in [0.4, 0.5) is 0 Å². The van der Waals surface area contributed by atoms with Crippen LogP contribution < -0.4 is 66.5 Å². The smallest absolute Gasteiger partial charge is 0.170 e. The summed E-state index contributed by atoms with van der Waals surface area (Å²) in [5.41, 5.74) is 0. The highest BCUT2D eigenvalue weighted by molar-refractivity contribution is 8.01. The van der Waals surface area contributed by atoms with Crippen LogP contribution in [0.25, 0.3) is 0 Å². The first-order valence-corrected chi connectivity index (χ1v) is 19.7. The standard InChI is InChI=1S/C24H20P.C20H20OP.BrH.ClH/c1-5-13-21(14-6-1)25(22-15-7-2-8-16-22,23-17-9-3-10-18-23)24-19-11-4-12-20-24;1-21-17-22(18-11-5-2-6-12-18,19-13-7-3-8-14-19)20-15-9-4-10-16-20;;/h1-20H;2-16H,17H2,1H3;2*1H/q2*+1;;/p-2. The van der Waals surface area contributed by atoms with Gasteiger partial charge in [0, 0.05) is 7.11 Å². The van der Waals surface area contributed by atoms with E-state index in [1.54, 1.807) is 7.11 Å². The van der Waals surface area contributed by atoms with E-state index in [-0.39, 0.29) is 29.4 Å². The molecule has 0 saturated heterocycles. The van der Waals surface area contributed by atoms with Gasteiger partial charge in [-0.25, -0.2) is 0 Å². The molecule has 0 unspecified atom stereocenters. The molecule has 0 aliphatic rings. The molecule has 7 rings (SSSR count). The summed E-state index contributed by atoms with van der Waals surface area (Å²) in [6.07, 6.45) is 0.713. The maximum Gasteiger partial charge on any atom is 0.170 e. The Kier molecular flexibility index (Phi) is 14.5. The summed E-state index contributed by atoms with van der Waals surface area (Å²) in [6, 6.07) is 76.1. The van der Waals surface area contributed by atoms with Gasteiger partial charge in [0.15, 0.2) is 6.35 Å². The van der Waals surface area contributed by atoms with E-state index in [4.69, 9.17) is 4.74 Å². The number of methoxy groups -OCH3 is 1. The summed E-state index contributed by atoms with van der Waals surface area (Å²) in [5.74, 6) is 0. The Morgan fingerprint density at radius 2 is 0.510 bits per heavy atom. The lowest BCUT2D eigenvalue weighted by Gasteiger charge is -2.27. The molecule has 0 bridgehead atoms. The number of benzene rings is 7. The van der Waals surface area contributed by atoms with Gasteiger partial charge in [-0.15, -0.1) is 0 Å². The van der Waals surface area contributed by atoms with E-state index in [1.165, 1.54) is 37.1 Å². The third kappa shape index (κ3) is 8.13. The molecule has 0 saturated carbocycles. The Bertz CT molecular complexity index is 1650. The van der Waals surface area contributed by atoms with Crippen LogP contribution in [-0.4, -0.2) is 13.5 Å². The molecule has 0 heterocycles. The molecule has 0 fully saturated rings. The van der Waals surface area contributed by atoms with E-state index in [1.807, 2.05) is 0 Å². The maximum atomic E-state index is 5.72. The molecule has 0 aliphatic carbocycles. The normalized spacial score (nSPS) is 10.8. The average Bonchev–Trinajstić information content (AvgIpc) is 3.17. The van der Waals surface area contributed by atoms with Crippen LogP contribution in [-0.2, 0) is 4.74 Å². The van der Waals surface area contributed by atoms with Crippen molar-refractivity contribution in [1.29, 1.82) is 0 Å². The summed E-state index contributed by atoms with van der Waals surface area (Å²) in [7, 11) is -1.89. The summed E-state index contributed by atoms with van der Waals surface area (Å²) < 4.78 is 5.72. The third-order valence-corrected chi connectivity index (χ3v) is 17.0. The summed E-state index contributed by atoms with van der Waals surface area (Å²) in [4.78, 5) is 0. The monoisotopic (exact) mass is 760 g/mol. The predicted molar refractivity (Wildman–Crippen MR) is 208 cm³/mol. The second-order valence-electron chi connectivity index (χ2n) is 11.2. The van der Waals surface area contributed by atoms with Crippen LogP contribution in [0, 0.1) is 0 Å². The lowest BCUT2D eigenvalue weighted by atomic mass is 10.3. The Morgan fingerprint density at radius 1 is 0.327 bits per heavy atom. The van der Waals surface area contributed by atoms with Crippen molar-refractivity contribution in [3.63, 3.8) is 0 Å².